The third kappa shape index (κ3) is 6.49. The maximum atomic E-state index is 14.9. The number of imidazole rings is 1. The number of carbonyl (C=O) groups excluding carboxylic acids is 2. The van der Waals surface area contributed by atoms with Crippen LogP contribution in [0.1, 0.15) is 25.7 Å². The van der Waals surface area contributed by atoms with E-state index in [1.165, 1.54) is 35.6 Å². The molecular formula is C29H25F2N5O3S. The lowest BCUT2D eigenvalue weighted by Gasteiger charge is -2.10. The molecule has 0 aliphatic rings. The van der Waals surface area contributed by atoms with Gasteiger partial charge in [-0.25, -0.2) is 13.8 Å². The maximum absolute atomic E-state index is 14.9. The number of pyridine rings is 1. The summed E-state index contributed by atoms with van der Waals surface area (Å²) in [5.74, 6) is -1.29. The number of hydrogen-bond acceptors (Lipinski definition) is 6. The van der Waals surface area contributed by atoms with Crippen molar-refractivity contribution in [2.24, 2.45) is 7.05 Å². The molecule has 8 nitrogen and oxygen atoms in total. The monoisotopic (exact) mass is 561 g/mol. The van der Waals surface area contributed by atoms with E-state index in [0.717, 1.165) is 20.8 Å². The highest BCUT2D eigenvalue weighted by Crippen LogP contribution is 2.39. The molecule has 0 saturated heterocycles. The average molecular weight is 562 g/mol. The summed E-state index contributed by atoms with van der Waals surface area (Å²) in [4.78, 5) is 34.0. The standard InChI is InChI=1S/C29H25F2N5O3S/c1-36-16-23(33-17-36)26-15-22-29(40-26)25(12-13-32-22)39-24-11-10-18(14-20(24)31)34-27(37)8-4-5-9-28(38)35-21-7-3-2-6-19(21)30/h2-3,6-7,10-17H,4-5,8-9H2,1H3,(H,34,37)(H,35,38). The zero-order valence-corrected chi connectivity index (χ0v) is 22.3. The summed E-state index contributed by atoms with van der Waals surface area (Å²) >= 11 is 1.45. The van der Waals surface area contributed by atoms with E-state index in [4.69, 9.17) is 4.74 Å². The molecule has 3 heterocycles. The largest absolute Gasteiger partial charge is 0.453 e. The molecule has 40 heavy (non-hydrogen) atoms. The lowest BCUT2D eigenvalue weighted by molar-refractivity contribution is -0.118. The van der Waals surface area contributed by atoms with Gasteiger partial charge < -0.3 is 19.9 Å². The van der Waals surface area contributed by atoms with Gasteiger partial charge in [0.2, 0.25) is 11.8 Å². The molecule has 5 rings (SSSR count). The van der Waals surface area contributed by atoms with Crippen LogP contribution in [0, 0.1) is 11.6 Å². The van der Waals surface area contributed by atoms with Crippen LogP contribution in [0.3, 0.4) is 0 Å². The number of benzene rings is 2. The molecule has 3 aromatic heterocycles. The summed E-state index contributed by atoms with van der Waals surface area (Å²) < 4.78 is 37.0. The fraction of sp³-hybridized carbons (Fsp3) is 0.172. The van der Waals surface area contributed by atoms with Crippen molar-refractivity contribution in [1.82, 2.24) is 14.5 Å². The minimum absolute atomic E-state index is 0.0131. The first-order valence-corrected chi connectivity index (χ1v) is 13.4. The van der Waals surface area contributed by atoms with Crippen LogP contribution in [-0.4, -0.2) is 26.3 Å². The highest BCUT2D eigenvalue weighted by molar-refractivity contribution is 7.22. The number of aryl methyl sites for hydroxylation is 1. The molecule has 0 saturated carbocycles. The molecule has 0 aliphatic heterocycles. The lowest BCUT2D eigenvalue weighted by Crippen LogP contribution is -2.14. The van der Waals surface area contributed by atoms with Crippen LogP contribution in [0.15, 0.2) is 73.3 Å². The number of para-hydroxylation sites is 1. The van der Waals surface area contributed by atoms with E-state index in [0.29, 0.717) is 24.3 Å². The molecule has 0 aliphatic carbocycles. The molecule has 0 unspecified atom stereocenters. The first-order valence-electron chi connectivity index (χ1n) is 12.5. The Balaban J connectivity index is 1.14. The normalized spacial score (nSPS) is 11.0. The Labute approximate surface area is 232 Å². The van der Waals surface area contributed by atoms with Gasteiger partial charge in [-0.15, -0.1) is 11.3 Å². The Morgan fingerprint density at radius 3 is 2.42 bits per heavy atom. The van der Waals surface area contributed by atoms with Gasteiger partial charge in [-0.05, 0) is 43.2 Å². The predicted molar refractivity (Wildman–Crippen MR) is 150 cm³/mol. The molecule has 0 radical (unpaired) electrons. The zero-order valence-electron chi connectivity index (χ0n) is 21.5. The summed E-state index contributed by atoms with van der Waals surface area (Å²) in [6, 6.07) is 13.7. The number of anilines is 2. The first kappa shape index (κ1) is 26.9. The number of halogens is 2. The number of unbranched alkanes of at least 4 members (excludes halogenated alkanes) is 1. The minimum Gasteiger partial charge on any atom is -0.453 e. The molecule has 0 spiro atoms. The summed E-state index contributed by atoms with van der Waals surface area (Å²) in [6.07, 6.45) is 6.41. The Morgan fingerprint density at radius 1 is 0.925 bits per heavy atom. The third-order valence-corrected chi connectivity index (χ3v) is 7.14. The smallest absolute Gasteiger partial charge is 0.224 e. The van der Waals surface area contributed by atoms with Gasteiger partial charge in [-0.1, -0.05) is 12.1 Å². The van der Waals surface area contributed by atoms with Gasteiger partial charge in [0.25, 0.3) is 0 Å². The van der Waals surface area contributed by atoms with Crippen molar-refractivity contribution in [3.63, 3.8) is 0 Å². The van der Waals surface area contributed by atoms with Crippen molar-refractivity contribution in [2.45, 2.75) is 25.7 Å². The molecule has 204 valence electrons. The highest BCUT2D eigenvalue weighted by atomic mass is 32.1. The number of nitrogens with zero attached hydrogens (tertiary/aromatic N) is 3. The van der Waals surface area contributed by atoms with Gasteiger partial charge in [0, 0.05) is 50.1 Å². The van der Waals surface area contributed by atoms with Gasteiger partial charge in [-0.2, -0.15) is 0 Å². The second kappa shape index (κ2) is 12.0. The van der Waals surface area contributed by atoms with Crippen LogP contribution in [0.2, 0.25) is 0 Å². The number of carbonyl (C=O) groups is 2. The van der Waals surface area contributed by atoms with Gasteiger partial charge >= 0.3 is 0 Å². The Bertz CT molecular complexity index is 1680. The minimum atomic E-state index is -0.630. The fourth-order valence-corrected chi connectivity index (χ4v) is 5.04. The van der Waals surface area contributed by atoms with E-state index in [2.05, 4.69) is 20.6 Å². The van der Waals surface area contributed by atoms with E-state index in [-0.39, 0.29) is 36.1 Å². The molecule has 2 N–H and O–H groups in total. The number of aromatic nitrogens is 3. The second-order valence-electron chi connectivity index (χ2n) is 9.09. The fourth-order valence-electron chi connectivity index (χ4n) is 4.01. The van der Waals surface area contributed by atoms with E-state index in [1.54, 1.807) is 36.8 Å². The molecular weight excluding hydrogens is 536 g/mol. The van der Waals surface area contributed by atoms with E-state index >= 15 is 0 Å². The third-order valence-electron chi connectivity index (χ3n) is 5.97. The van der Waals surface area contributed by atoms with Crippen LogP contribution >= 0.6 is 11.3 Å². The van der Waals surface area contributed by atoms with Crippen LogP contribution < -0.4 is 15.4 Å². The summed E-state index contributed by atoms with van der Waals surface area (Å²) in [5, 5.41) is 5.17. The predicted octanol–water partition coefficient (Wildman–Crippen LogP) is 6.90. The number of hydrogen-bond donors (Lipinski definition) is 2. The quantitative estimate of drug-likeness (QED) is 0.181. The number of nitrogens with one attached hydrogen (secondary N) is 2. The van der Waals surface area contributed by atoms with Crippen LogP contribution in [0.4, 0.5) is 20.2 Å². The van der Waals surface area contributed by atoms with Crippen molar-refractivity contribution in [3.8, 4) is 22.1 Å². The maximum Gasteiger partial charge on any atom is 0.224 e. The molecule has 11 heteroatoms. The summed E-state index contributed by atoms with van der Waals surface area (Å²) in [5.41, 5.74) is 1.95. The Hall–Kier alpha value is -4.64. The van der Waals surface area contributed by atoms with Gasteiger partial charge in [0.1, 0.15) is 11.6 Å². The van der Waals surface area contributed by atoms with E-state index in [1.807, 2.05) is 23.9 Å². The van der Waals surface area contributed by atoms with Crippen molar-refractivity contribution in [3.05, 3.63) is 85.0 Å². The molecule has 0 fully saturated rings. The Morgan fingerprint density at radius 2 is 1.70 bits per heavy atom. The number of ether oxygens (including phenoxy) is 1. The van der Waals surface area contributed by atoms with E-state index in [9.17, 15) is 18.4 Å². The number of rotatable bonds is 10. The molecule has 5 aromatic rings. The lowest BCUT2D eigenvalue weighted by atomic mass is 10.1. The van der Waals surface area contributed by atoms with Crippen LogP contribution in [0.5, 0.6) is 11.5 Å². The van der Waals surface area contributed by atoms with Crippen molar-refractivity contribution in [1.29, 1.82) is 0 Å². The number of fused-ring (bicyclic) bond motifs is 1. The van der Waals surface area contributed by atoms with Crippen LogP contribution in [0.25, 0.3) is 20.8 Å². The van der Waals surface area contributed by atoms with Gasteiger partial charge in [0.05, 0.1) is 32.8 Å². The number of amides is 2. The van der Waals surface area contributed by atoms with Crippen molar-refractivity contribution >= 4 is 44.7 Å². The Kier molecular flexibility index (Phi) is 8.11. The van der Waals surface area contributed by atoms with E-state index < -0.39 is 11.6 Å². The van der Waals surface area contributed by atoms with Gasteiger partial charge in [-0.3, -0.25) is 14.6 Å². The van der Waals surface area contributed by atoms with Crippen LogP contribution in [-0.2, 0) is 16.6 Å². The molecule has 0 atom stereocenters. The second-order valence-corrected chi connectivity index (χ2v) is 10.1. The first-order chi connectivity index (χ1) is 19.4. The summed E-state index contributed by atoms with van der Waals surface area (Å²) in [7, 11) is 1.89. The SMILES string of the molecule is Cn1cnc(-c2cc3nccc(Oc4ccc(NC(=O)CCCCC(=O)Nc5ccccc5F)cc4F)c3s2)c1. The topological polar surface area (TPSA) is 98.1 Å². The summed E-state index contributed by atoms with van der Waals surface area (Å²) in [6.45, 7) is 0. The average Bonchev–Trinajstić information content (AvgIpc) is 3.56. The molecule has 2 amide bonds. The van der Waals surface area contributed by atoms with Crippen molar-refractivity contribution < 1.29 is 23.1 Å². The highest BCUT2D eigenvalue weighted by Gasteiger charge is 2.15. The van der Waals surface area contributed by atoms with Gasteiger partial charge in [0.15, 0.2) is 11.6 Å². The number of thiophene rings is 1. The molecule has 2 aromatic carbocycles. The van der Waals surface area contributed by atoms with Crippen molar-refractivity contribution in [2.75, 3.05) is 10.6 Å². The molecule has 0 bridgehead atoms. The zero-order chi connectivity index (χ0) is 28.1.